The molecule has 0 bridgehead atoms. The van der Waals surface area contributed by atoms with Gasteiger partial charge in [0.05, 0.1) is 6.16 Å². The van der Waals surface area contributed by atoms with Gasteiger partial charge in [0.1, 0.15) is 12.4 Å². The molecule has 2 aromatic carbocycles. The molecule has 23 heavy (non-hydrogen) atoms. The van der Waals surface area contributed by atoms with E-state index in [2.05, 4.69) is 5.32 Å². The zero-order valence-electron chi connectivity index (χ0n) is 12.9. The van der Waals surface area contributed by atoms with Crippen LogP contribution < -0.4 is 10.1 Å². The summed E-state index contributed by atoms with van der Waals surface area (Å²) in [5.41, 5.74) is 2.23. The predicted octanol–water partition coefficient (Wildman–Crippen LogP) is 2.92. The minimum Gasteiger partial charge on any atom is -0.489 e. The second kappa shape index (κ2) is 8.85. The van der Waals surface area contributed by atoms with E-state index in [-0.39, 0.29) is 6.16 Å². The molecular formula is C17H22NO4P. The van der Waals surface area contributed by atoms with Crippen molar-refractivity contribution in [1.82, 2.24) is 5.32 Å². The van der Waals surface area contributed by atoms with Crippen molar-refractivity contribution in [2.24, 2.45) is 0 Å². The SMILES string of the molecule is O=P(O)(O)CCCNCc1ccc(OCc2ccccc2)cc1. The van der Waals surface area contributed by atoms with E-state index >= 15 is 0 Å². The van der Waals surface area contributed by atoms with E-state index in [0.29, 0.717) is 26.1 Å². The molecule has 0 radical (unpaired) electrons. The Kier molecular flexibility index (Phi) is 6.81. The fourth-order valence-electron chi connectivity index (χ4n) is 2.09. The van der Waals surface area contributed by atoms with Gasteiger partial charge in [-0.3, -0.25) is 4.57 Å². The molecule has 124 valence electrons. The molecule has 0 atom stereocenters. The highest BCUT2D eigenvalue weighted by Gasteiger charge is 2.10. The Morgan fingerprint density at radius 2 is 1.65 bits per heavy atom. The highest BCUT2D eigenvalue weighted by Crippen LogP contribution is 2.34. The maximum Gasteiger partial charge on any atom is 0.325 e. The minimum absolute atomic E-state index is 0.0771. The number of rotatable bonds is 9. The van der Waals surface area contributed by atoms with E-state index in [1.807, 2.05) is 54.6 Å². The van der Waals surface area contributed by atoms with Crippen molar-refractivity contribution >= 4 is 7.60 Å². The summed E-state index contributed by atoms with van der Waals surface area (Å²) in [5, 5.41) is 3.17. The Balaban J connectivity index is 1.69. The summed E-state index contributed by atoms with van der Waals surface area (Å²) in [6, 6.07) is 17.8. The number of benzene rings is 2. The molecule has 0 unspecified atom stereocenters. The lowest BCUT2D eigenvalue weighted by Gasteiger charge is -2.08. The van der Waals surface area contributed by atoms with Gasteiger partial charge in [-0.05, 0) is 36.2 Å². The van der Waals surface area contributed by atoms with Gasteiger partial charge in [-0.15, -0.1) is 0 Å². The highest BCUT2D eigenvalue weighted by molar-refractivity contribution is 7.51. The average Bonchev–Trinajstić information content (AvgIpc) is 2.54. The van der Waals surface area contributed by atoms with Crippen LogP contribution in [0.15, 0.2) is 54.6 Å². The molecule has 0 aliphatic carbocycles. The molecule has 0 fully saturated rings. The topological polar surface area (TPSA) is 78.8 Å². The van der Waals surface area contributed by atoms with E-state index < -0.39 is 7.60 Å². The summed E-state index contributed by atoms with van der Waals surface area (Å²) in [7, 11) is -3.87. The van der Waals surface area contributed by atoms with Crippen LogP contribution >= 0.6 is 7.60 Å². The first-order chi connectivity index (χ1) is 11.0. The van der Waals surface area contributed by atoms with Crippen LogP contribution in [0.1, 0.15) is 17.5 Å². The van der Waals surface area contributed by atoms with E-state index in [9.17, 15) is 4.57 Å². The molecule has 0 aliphatic rings. The van der Waals surface area contributed by atoms with Crippen LogP contribution in [-0.4, -0.2) is 22.5 Å². The Hall–Kier alpha value is -1.65. The van der Waals surface area contributed by atoms with Gasteiger partial charge >= 0.3 is 7.60 Å². The molecular weight excluding hydrogens is 313 g/mol. The van der Waals surface area contributed by atoms with Crippen molar-refractivity contribution in [2.75, 3.05) is 12.7 Å². The summed E-state index contributed by atoms with van der Waals surface area (Å²) in [6.07, 6.45) is 0.384. The van der Waals surface area contributed by atoms with Gasteiger partial charge in [-0.25, -0.2) is 0 Å². The molecule has 5 nitrogen and oxygen atoms in total. The third-order valence-corrected chi connectivity index (χ3v) is 4.20. The van der Waals surface area contributed by atoms with Gasteiger partial charge in [-0.1, -0.05) is 42.5 Å². The summed E-state index contributed by atoms with van der Waals surface area (Å²) >= 11 is 0. The molecule has 0 spiro atoms. The minimum atomic E-state index is -3.87. The molecule has 0 aromatic heterocycles. The first kappa shape index (κ1) is 17.7. The highest BCUT2D eigenvalue weighted by atomic mass is 31.2. The number of ether oxygens (including phenoxy) is 1. The van der Waals surface area contributed by atoms with Gasteiger partial charge in [0, 0.05) is 6.54 Å². The van der Waals surface area contributed by atoms with Crippen LogP contribution in [-0.2, 0) is 17.7 Å². The Morgan fingerprint density at radius 1 is 0.957 bits per heavy atom. The largest absolute Gasteiger partial charge is 0.489 e. The maximum absolute atomic E-state index is 10.7. The monoisotopic (exact) mass is 335 g/mol. The lowest BCUT2D eigenvalue weighted by Crippen LogP contribution is -2.15. The fourth-order valence-corrected chi connectivity index (χ4v) is 2.66. The van der Waals surface area contributed by atoms with Crippen molar-refractivity contribution in [2.45, 2.75) is 19.6 Å². The second-order valence-electron chi connectivity index (χ2n) is 5.34. The normalized spacial score (nSPS) is 11.4. The number of hydrogen-bond acceptors (Lipinski definition) is 3. The lowest BCUT2D eigenvalue weighted by atomic mass is 10.2. The van der Waals surface area contributed by atoms with Crippen LogP contribution in [0.25, 0.3) is 0 Å². The van der Waals surface area contributed by atoms with Crippen LogP contribution in [0, 0.1) is 0 Å². The molecule has 2 aromatic rings. The summed E-state index contributed by atoms with van der Waals surface area (Å²) in [4.78, 5) is 17.5. The van der Waals surface area contributed by atoms with Gasteiger partial charge < -0.3 is 19.8 Å². The molecule has 3 N–H and O–H groups in total. The lowest BCUT2D eigenvalue weighted by molar-refractivity contribution is 0.306. The first-order valence-corrected chi connectivity index (χ1v) is 9.34. The third kappa shape index (κ3) is 7.44. The van der Waals surface area contributed by atoms with E-state index in [4.69, 9.17) is 14.5 Å². The van der Waals surface area contributed by atoms with Gasteiger partial charge in [-0.2, -0.15) is 0 Å². The summed E-state index contributed by atoms with van der Waals surface area (Å²) < 4.78 is 16.4. The van der Waals surface area contributed by atoms with Crippen molar-refractivity contribution in [3.05, 3.63) is 65.7 Å². The quantitative estimate of drug-likeness (QED) is 0.485. The van der Waals surface area contributed by atoms with Crippen LogP contribution in [0.4, 0.5) is 0 Å². The summed E-state index contributed by atoms with van der Waals surface area (Å²) in [5.74, 6) is 0.819. The fraction of sp³-hybridized carbons (Fsp3) is 0.294. The molecule has 0 saturated carbocycles. The molecule has 0 aliphatic heterocycles. The van der Waals surface area contributed by atoms with Crippen LogP contribution in [0.5, 0.6) is 5.75 Å². The Bertz CT molecular complexity index is 625. The van der Waals surface area contributed by atoms with Crippen molar-refractivity contribution in [1.29, 1.82) is 0 Å². The van der Waals surface area contributed by atoms with Crippen molar-refractivity contribution in [3.8, 4) is 5.75 Å². The van der Waals surface area contributed by atoms with Gasteiger partial charge in [0.15, 0.2) is 0 Å². The molecule has 2 rings (SSSR count). The van der Waals surface area contributed by atoms with Crippen LogP contribution in [0.3, 0.4) is 0 Å². The molecule has 6 heteroatoms. The smallest absolute Gasteiger partial charge is 0.325 e. The van der Waals surface area contributed by atoms with E-state index in [1.54, 1.807) is 0 Å². The van der Waals surface area contributed by atoms with Gasteiger partial charge in [0.25, 0.3) is 0 Å². The Morgan fingerprint density at radius 3 is 2.30 bits per heavy atom. The zero-order valence-corrected chi connectivity index (χ0v) is 13.8. The number of nitrogens with one attached hydrogen (secondary N) is 1. The van der Waals surface area contributed by atoms with E-state index in [0.717, 1.165) is 16.9 Å². The maximum atomic E-state index is 10.7. The van der Waals surface area contributed by atoms with Crippen LogP contribution in [0.2, 0.25) is 0 Å². The third-order valence-electron chi connectivity index (χ3n) is 3.30. The van der Waals surface area contributed by atoms with E-state index in [1.165, 1.54) is 0 Å². The zero-order chi connectivity index (χ0) is 16.5. The molecule has 0 saturated heterocycles. The Labute approximate surface area is 136 Å². The van der Waals surface area contributed by atoms with Crippen molar-refractivity contribution < 1.29 is 19.1 Å². The standard InChI is InChI=1S/C17H22NO4P/c19-23(20,21)12-4-11-18-13-15-7-9-17(10-8-15)22-14-16-5-2-1-3-6-16/h1-3,5-10,18H,4,11-14H2,(H2,19,20,21). The predicted molar refractivity (Wildman–Crippen MR) is 90.5 cm³/mol. The van der Waals surface area contributed by atoms with Gasteiger partial charge in [0.2, 0.25) is 0 Å². The van der Waals surface area contributed by atoms with Crippen molar-refractivity contribution in [3.63, 3.8) is 0 Å². The second-order valence-corrected chi connectivity index (χ2v) is 7.11. The summed E-state index contributed by atoms with van der Waals surface area (Å²) in [6.45, 7) is 1.79. The average molecular weight is 335 g/mol. The number of hydrogen-bond donors (Lipinski definition) is 3. The first-order valence-electron chi connectivity index (χ1n) is 7.54. The molecule has 0 amide bonds. The molecule has 0 heterocycles.